The molecule has 1 heterocycles. The Morgan fingerprint density at radius 1 is 1.44 bits per heavy atom. The van der Waals surface area contributed by atoms with E-state index >= 15 is 0 Å². The Morgan fingerprint density at radius 2 is 2.22 bits per heavy atom. The van der Waals surface area contributed by atoms with E-state index in [2.05, 4.69) is 19.2 Å². The van der Waals surface area contributed by atoms with E-state index in [1.54, 1.807) is 0 Å². The summed E-state index contributed by atoms with van der Waals surface area (Å²) in [6.07, 6.45) is 1.81. The fourth-order valence-corrected chi connectivity index (χ4v) is 2.12. The summed E-state index contributed by atoms with van der Waals surface area (Å²) in [7, 11) is 0. The zero-order valence-corrected chi connectivity index (χ0v) is 11.1. The average molecular weight is 247 g/mol. The number of carbonyl (C=O) groups excluding carboxylic acids is 1. The third-order valence-corrected chi connectivity index (χ3v) is 3.27. The molecule has 0 aliphatic carbocycles. The normalized spacial score (nSPS) is 18.1. The van der Waals surface area contributed by atoms with Crippen molar-refractivity contribution < 1.29 is 9.53 Å². The van der Waals surface area contributed by atoms with E-state index in [0.717, 1.165) is 30.7 Å². The van der Waals surface area contributed by atoms with Gasteiger partial charge in [-0.3, -0.25) is 4.79 Å². The molecule has 0 saturated heterocycles. The Labute approximate surface area is 109 Å². The van der Waals surface area contributed by atoms with Crippen molar-refractivity contribution in [3.8, 4) is 5.75 Å². The minimum absolute atomic E-state index is 0.0490. The van der Waals surface area contributed by atoms with E-state index < -0.39 is 0 Å². The van der Waals surface area contributed by atoms with E-state index in [0.29, 0.717) is 12.5 Å². The maximum Gasteiger partial charge on any atom is 0.226 e. The smallest absolute Gasteiger partial charge is 0.226 e. The lowest BCUT2D eigenvalue weighted by atomic mass is 9.96. The van der Waals surface area contributed by atoms with Gasteiger partial charge < -0.3 is 10.1 Å². The molecule has 0 saturated carbocycles. The highest BCUT2D eigenvalue weighted by molar-refractivity contribution is 5.79. The molecular formula is C15H21NO2. The molecular weight excluding hydrogens is 226 g/mol. The van der Waals surface area contributed by atoms with Gasteiger partial charge in [-0.15, -0.1) is 0 Å². The van der Waals surface area contributed by atoms with Crippen molar-refractivity contribution in [2.24, 2.45) is 11.8 Å². The van der Waals surface area contributed by atoms with E-state index in [9.17, 15) is 4.79 Å². The summed E-state index contributed by atoms with van der Waals surface area (Å²) in [5, 5.41) is 3.00. The SMILES string of the molecule is CC(C)CCNC(=O)C1COc2ccccc2C1. The van der Waals surface area contributed by atoms with Crippen molar-refractivity contribution in [2.75, 3.05) is 13.2 Å². The highest BCUT2D eigenvalue weighted by Gasteiger charge is 2.25. The number of hydrogen-bond donors (Lipinski definition) is 1. The van der Waals surface area contributed by atoms with Crippen LogP contribution in [0.4, 0.5) is 0 Å². The highest BCUT2D eigenvalue weighted by atomic mass is 16.5. The molecule has 3 nitrogen and oxygen atoms in total. The molecule has 0 aromatic heterocycles. The minimum atomic E-state index is -0.0490. The van der Waals surface area contributed by atoms with Gasteiger partial charge >= 0.3 is 0 Å². The third kappa shape index (κ3) is 3.25. The Kier molecular flexibility index (Phi) is 4.24. The van der Waals surface area contributed by atoms with Crippen LogP contribution in [0.1, 0.15) is 25.8 Å². The molecule has 0 fully saturated rings. The number of para-hydroxylation sites is 1. The Balaban J connectivity index is 1.87. The van der Waals surface area contributed by atoms with E-state index in [-0.39, 0.29) is 11.8 Å². The molecule has 1 unspecified atom stereocenters. The van der Waals surface area contributed by atoms with Crippen LogP contribution in [0.5, 0.6) is 5.75 Å². The first kappa shape index (κ1) is 12.9. The zero-order chi connectivity index (χ0) is 13.0. The van der Waals surface area contributed by atoms with Crippen LogP contribution >= 0.6 is 0 Å². The zero-order valence-electron chi connectivity index (χ0n) is 11.1. The second kappa shape index (κ2) is 5.89. The van der Waals surface area contributed by atoms with Crippen LogP contribution in [0.2, 0.25) is 0 Å². The maximum absolute atomic E-state index is 12.0. The van der Waals surface area contributed by atoms with Gasteiger partial charge in [0.2, 0.25) is 5.91 Å². The van der Waals surface area contributed by atoms with E-state index in [1.165, 1.54) is 0 Å². The van der Waals surface area contributed by atoms with Gasteiger partial charge in [-0.25, -0.2) is 0 Å². The summed E-state index contributed by atoms with van der Waals surface area (Å²) in [5.41, 5.74) is 1.13. The van der Waals surface area contributed by atoms with Crippen LogP contribution in [0.25, 0.3) is 0 Å². The van der Waals surface area contributed by atoms with Crippen LogP contribution in [-0.2, 0) is 11.2 Å². The molecule has 18 heavy (non-hydrogen) atoms. The van der Waals surface area contributed by atoms with Crippen LogP contribution in [0, 0.1) is 11.8 Å². The monoisotopic (exact) mass is 247 g/mol. The summed E-state index contributed by atoms with van der Waals surface area (Å²) in [6, 6.07) is 7.94. The van der Waals surface area contributed by atoms with Gasteiger partial charge in [-0.05, 0) is 30.4 Å². The van der Waals surface area contributed by atoms with Gasteiger partial charge in [-0.1, -0.05) is 32.0 Å². The summed E-state index contributed by atoms with van der Waals surface area (Å²) in [6.45, 7) is 5.57. The van der Waals surface area contributed by atoms with Gasteiger partial charge in [-0.2, -0.15) is 0 Å². The van der Waals surface area contributed by atoms with Gasteiger partial charge in [0.15, 0.2) is 0 Å². The number of hydrogen-bond acceptors (Lipinski definition) is 2. The number of rotatable bonds is 4. The topological polar surface area (TPSA) is 38.3 Å². The molecule has 0 radical (unpaired) electrons. The molecule has 1 amide bonds. The second-order valence-corrected chi connectivity index (χ2v) is 5.29. The van der Waals surface area contributed by atoms with Gasteiger partial charge in [0.25, 0.3) is 0 Å². The van der Waals surface area contributed by atoms with Gasteiger partial charge in [0.05, 0.1) is 5.92 Å². The molecule has 1 aliphatic rings. The maximum atomic E-state index is 12.0. The molecule has 1 atom stereocenters. The van der Waals surface area contributed by atoms with Crippen molar-refractivity contribution in [3.63, 3.8) is 0 Å². The fourth-order valence-electron chi connectivity index (χ4n) is 2.12. The van der Waals surface area contributed by atoms with Crippen LogP contribution in [0.3, 0.4) is 0 Å². The highest BCUT2D eigenvalue weighted by Crippen LogP contribution is 2.26. The Hall–Kier alpha value is -1.51. The predicted octanol–water partition coefficient (Wildman–Crippen LogP) is 2.40. The molecule has 2 rings (SSSR count). The van der Waals surface area contributed by atoms with Crippen molar-refractivity contribution in [1.29, 1.82) is 0 Å². The van der Waals surface area contributed by atoms with Crippen molar-refractivity contribution in [2.45, 2.75) is 26.7 Å². The molecule has 98 valence electrons. The van der Waals surface area contributed by atoms with Crippen LogP contribution < -0.4 is 10.1 Å². The lowest BCUT2D eigenvalue weighted by Gasteiger charge is -2.24. The first-order valence-electron chi connectivity index (χ1n) is 6.65. The summed E-state index contributed by atoms with van der Waals surface area (Å²) in [4.78, 5) is 12.0. The average Bonchev–Trinajstić information content (AvgIpc) is 2.37. The summed E-state index contributed by atoms with van der Waals surface area (Å²) >= 11 is 0. The number of benzene rings is 1. The largest absolute Gasteiger partial charge is 0.492 e. The van der Waals surface area contributed by atoms with Crippen molar-refractivity contribution >= 4 is 5.91 Å². The van der Waals surface area contributed by atoms with Crippen molar-refractivity contribution in [1.82, 2.24) is 5.32 Å². The number of amides is 1. The minimum Gasteiger partial charge on any atom is -0.492 e. The summed E-state index contributed by atoms with van der Waals surface area (Å²) < 4.78 is 5.62. The number of ether oxygens (including phenoxy) is 1. The summed E-state index contributed by atoms with van der Waals surface area (Å²) in [5.74, 6) is 1.61. The lowest BCUT2D eigenvalue weighted by Crippen LogP contribution is -2.38. The molecule has 0 spiro atoms. The number of nitrogens with one attached hydrogen (secondary N) is 1. The standard InChI is InChI=1S/C15H21NO2/c1-11(2)7-8-16-15(17)13-9-12-5-3-4-6-14(12)18-10-13/h3-6,11,13H,7-10H2,1-2H3,(H,16,17). The molecule has 1 N–H and O–H groups in total. The lowest BCUT2D eigenvalue weighted by molar-refractivity contribution is -0.126. The number of fused-ring (bicyclic) bond motifs is 1. The quantitative estimate of drug-likeness (QED) is 0.887. The van der Waals surface area contributed by atoms with E-state index in [1.807, 2.05) is 24.3 Å². The first-order valence-corrected chi connectivity index (χ1v) is 6.65. The van der Waals surface area contributed by atoms with Gasteiger partial charge in [0.1, 0.15) is 12.4 Å². The first-order chi connectivity index (χ1) is 8.66. The number of carbonyl (C=O) groups is 1. The Morgan fingerprint density at radius 3 is 3.00 bits per heavy atom. The molecule has 0 bridgehead atoms. The van der Waals surface area contributed by atoms with Crippen LogP contribution in [0.15, 0.2) is 24.3 Å². The molecule has 1 aromatic rings. The van der Waals surface area contributed by atoms with E-state index in [4.69, 9.17) is 4.74 Å². The Bertz CT molecular complexity index is 415. The molecule has 1 aromatic carbocycles. The second-order valence-electron chi connectivity index (χ2n) is 5.29. The van der Waals surface area contributed by atoms with Gasteiger partial charge in [0, 0.05) is 6.54 Å². The third-order valence-electron chi connectivity index (χ3n) is 3.27. The van der Waals surface area contributed by atoms with Crippen molar-refractivity contribution in [3.05, 3.63) is 29.8 Å². The fraction of sp³-hybridized carbons (Fsp3) is 0.533. The predicted molar refractivity (Wildman–Crippen MR) is 71.6 cm³/mol. The van der Waals surface area contributed by atoms with Crippen LogP contribution in [-0.4, -0.2) is 19.1 Å². The molecule has 1 aliphatic heterocycles. The molecule has 3 heteroatoms.